The van der Waals surface area contributed by atoms with E-state index < -0.39 is 18.3 Å². The number of halogens is 2. The van der Waals surface area contributed by atoms with Crippen LogP contribution in [0.25, 0.3) is 0 Å². The molecule has 2 rings (SSSR count). The molecular weight excluding hydrogens is 322 g/mol. The van der Waals surface area contributed by atoms with Crippen molar-refractivity contribution in [2.75, 3.05) is 13.1 Å². The van der Waals surface area contributed by atoms with E-state index in [0.29, 0.717) is 13.1 Å². The smallest absolute Gasteiger partial charge is 0.410 e. The molecule has 0 N–H and O–H groups in total. The topological polar surface area (TPSA) is 60.9 Å². The lowest BCUT2D eigenvalue weighted by molar-refractivity contribution is -0.0533. The highest BCUT2D eigenvalue weighted by atomic mass is 19.3. The summed E-state index contributed by atoms with van der Waals surface area (Å²) in [7, 11) is 0. The minimum Gasteiger partial charge on any atom is -0.472 e. The Morgan fingerprint density at radius 3 is 2.71 bits per heavy atom. The third kappa shape index (κ3) is 5.82. The second kappa shape index (κ2) is 7.63. The fourth-order valence-corrected chi connectivity index (χ4v) is 2.32. The highest BCUT2D eigenvalue weighted by Gasteiger charge is 2.28. The van der Waals surface area contributed by atoms with Gasteiger partial charge in [-0.2, -0.15) is 13.8 Å². The summed E-state index contributed by atoms with van der Waals surface area (Å²) in [5.41, 5.74) is -0.562. The Morgan fingerprint density at radius 1 is 1.33 bits per heavy atom. The molecule has 1 saturated heterocycles. The van der Waals surface area contributed by atoms with Crippen molar-refractivity contribution in [3.63, 3.8) is 0 Å². The minimum atomic E-state index is -2.94. The molecular formula is C16H22F2N2O4. The molecule has 1 atom stereocenters. The van der Waals surface area contributed by atoms with Crippen molar-refractivity contribution >= 4 is 6.09 Å². The Hall–Kier alpha value is -2.12. The van der Waals surface area contributed by atoms with E-state index in [1.165, 1.54) is 12.1 Å². The van der Waals surface area contributed by atoms with Crippen LogP contribution in [0.5, 0.6) is 11.8 Å². The molecule has 1 aromatic heterocycles. The van der Waals surface area contributed by atoms with Crippen LogP contribution in [0.15, 0.2) is 18.2 Å². The molecule has 2 heterocycles. The number of amides is 1. The van der Waals surface area contributed by atoms with Gasteiger partial charge in [0.2, 0.25) is 11.8 Å². The summed E-state index contributed by atoms with van der Waals surface area (Å²) in [4.78, 5) is 17.6. The zero-order chi connectivity index (χ0) is 17.7. The molecule has 1 amide bonds. The van der Waals surface area contributed by atoms with Gasteiger partial charge in [-0.1, -0.05) is 6.07 Å². The molecule has 0 radical (unpaired) electrons. The van der Waals surface area contributed by atoms with Crippen molar-refractivity contribution in [1.29, 1.82) is 0 Å². The van der Waals surface area contributed by atoms with Crippen LogP contribution >= 0.6 is 0 Å². The maximum atomic E-state index is 12.2. The van der Waals surface area contributed by atoms with Gasteiger partial charge >= 0.3 is 12.7 Å². The molecule has 24 heavy (non-hydrogen) atoms. The fourth-order valence-electron chi connectivity index (χ4n) is 2.32. The maximum Gasteiger partial charge on any atom is 0.410 e. The predicted molar refractivity (Wildman–Crippen MR) is 82.3 cm³/mol. The van der Waals surface area contributed by atoms with Crippen molar-refractivity contribution in [2.24, 2.45) is 0 Å². The molecule has 0 bridgehead atoms. The Labute approximate surface area is 139 Å². The van der Waals surface area contributed by atoms with Crippen molar-refractivity contribution in [2.45, 2.75) is 51.9 Å². The van der Waals surface area contributed by atoms with Gasteiger partial charge in [0.05, 0.1) is 6.54 Å². The number of carbonyl (C=O) groups excluding carboxylic acids is 1. The number of carbonyl (C=O) groups is 1. The monoisotopic (exact) mass is 344 g/mol. The summed E-state index contributed by atoms with van der Waals surface area (Å²) < 4.78 is 39.8. The minimum absolute atomic E-state index is 0.184. The Bertz CT molecular complexity index is 563. The lowest BCUT2D eigenvalue weighted by Crippen LogP contribution is -2.46. The van der Waals surface area contributed by atoms with Crippen molar-refractivity contribution < 1.29 is 27.8 Å². The largest absolute Gasteiger partial charge is 0.472 e. The number of piperidine rings is 1. The Morgan fingerprint density at radius 2 is 2.04 bits per heavy atom. The van der Waals surface area contributed by atoms with Gasteiger partial charge in [0.1, 0.15) is 11.7 Å². The SMILES string of the molecule is CC(C)(C)OC(=O)N1CCC[C@H](Oc2cccc(OC(F)F)n2)C1. The summed E-state index contributed by atoms with van der Waals surface area (Å²) in [5, 5.41) is 0. The molecule has 0 saturated carbocycles. The summed E-state index contributed by atoms with van der Waals surface area (Å²) in [6.07, 6.45) is 0.831. The molecule has 0 spiro atoms. The van der Waals surface area contributed by atoms with E-state index in [0.717, 1.165) is 12.8 Å². The van der Waals surface area contributed by atoms with Crippen LogP contribution in [0, 0.1) is 0 Å². The summed E-state index contributed by atoms with van der Waals surface area (Å²) >= 11 is 0. The summed E-state index contributed by atoms with van der Waals surface area (Å²) in [5.74, 6) is -0.0218. The molecule has 134 valence electrons. The first-order valence-electron chi connectivity index (χ1n) is 7.79. The van der Waals surface area contributed by atoms with Gasteiger partial charge in [0.15, 0.2) is 0 Å². The number of ether oxygens (including phenoxy) is 3. The first-order chi connectivity index (χ1) is 11.2. The molecule has 0 aliphatic carbocycles. The van der Waals surface area contributed by atoms with E-state index in [1.807, 2.05) is 0 Å². The molecule has 1 fully saturated rings. The highest BCUT2D eigenvalue weighted by Crippen LogP contribution is 2.21. The van der Waals surface area contributed by atoms with Gasteiger partial charge in [0, 0.05) is 18.7 Å². The quantitative estimate of drug-likeness (QED) is 0.837. The second-order valence-electron chi connectivity index (χ2n) is 6.50. The van der Waals surface area contributed by atoms with Crippen LogP contribution < -0.4 is 9.47 Å². The molecule has 0 unspecified atom stereocenters. The van der Waals surface area contributed by atoms with E-state index in [4.69, 9.17) is 9.47 Å². The standard InChI is InChI=1S/C16H22F2N2O4/c1-16(2,3)24-15(21)20-9-5-6-11(10-20)22-12-7-4-8-13(19-12)23-14(17)18/h4,7-8,11,14H,5-6,9-10H2,1-3H3/t11-/m0/s1. The second-order valence-corrected chi connectivity index (χ2v) is 6.50. The zero-order valence-corrected chi connectivity index (χ0v) is 14.0. The van der Waals surface area contributed by atoms with Crippen molar-refractivity contribution in [3.8, 4) is 11.8 Å². The normalized spacial score (nSPS) is 18.4. The number of rotatable bonds is 4. The lowest BCUT2D eigenvalue weighted by atomic mass is 10.1. The van der Waals surface area contributed by atoms with Gasteiger partial charge in [-0.25, -0.2) is 4.79 Å². The Kier molecular flexibility index (Phi) is 5.80. The van der Waals surface area contributed by atoms with Crippen LogP contribution in [0.3, 0.4) is 0 Å². The van der Waals surface area contributed by atoms with Crippen LogP contribution in [0.1, 0.15) is 33.6 Å². The molecule has 0 aromatic carbocycles. The molecule has 1 aliphatic rings. The number of hydrogen-bond acceptors (Lipinski definition) is 5. The fraction of sp³-hybridized carbons (Fsp3) is 0.625. The van der Waals surface area contributed by atoms with Crippen LogP contribution in [0.4, 0.5) is 13.6 Å². The van der Waals surface area contributed by atoms with Crippen molar-refractivity contribution in [1.82, 2.24) is 9.88 Å². The van der Waals surface area contributed by atoms with Gasteiger partial charge in [-0.05, 0) is 33.6 Å². The average Bonchev–Trinajstić information content (AvgIpc) is 2.45. The first kappa shape index (κ1) is 18.2. The number of likely N-dealkylation sites (tertiary alicyclic amines) is 1. The Balaban J connectivity index is 1.94. The van der Waals surface area contributed by atoms with Crippen molar-refractivity contribution in [3.05, 3.63) is 18.2 Å². The molecule has 1 aliphatic heterocycles. The van der Waals surface area contributed by atoms with Crippen LogP contribution in [0.2, 0.25) is 0 Å². The van der Waals surface area contributed by atoms with Gasteiger partial charge in [-0.3, -0.25) is 0 Å². The first-order valence-corrected chi connectivity index (χ1v) is 7.79. The third-order valence-electron chi connectivity index (χ3n) is 3.23. The molecule has 6 nitrogen and oxygen atoms in total. The van der Waals surface area contributed by atoms with E-state index >= 15 is 0 Å². The highest BCUT2D eigenvalue weighted by molar-refractivity contribution is 5.68. The molecule has 8 heteroatoms. The van der Waals surface area contributed by atoms with Crippen LogP contribution in [-0.2, 0) is 4.74 Å². The summed E-state index contributed by atoms with van der Waals surface area (Å²) in [6.45, 7) is 3.43. The van der Waals surface area contributed by atoms with Gasteiger partial charge < -0.3 is 19.1 Å². The average molecular weight is 344 g/mol. The third-order valence-corrected chi connectivity index (χ3v) is 3.23. The van der Waals surface area contributed by atoms with Gasteiger partial charge in [-0.15, -0.1) is 0 Å². The predicted octanol–water partition coefficient (Wildman–Crippen LogP) is 3.46. The van der Waals surface area contributed by atoms with Crippen LogP contribution in [-0.4, -0.2) is 47.4 Å². The van der Waals surface area contributed by atoms with E-state index in [1.54, 1.807) is 31.7 Å². The van der Waals surface area contributed by atoms with Gasteiger partial charge in [0.25, 0.3) is 0 Å². The number of nitrogens with zero attached hydrogens (tertiary/aromatic N) is 2. The number of pyridine rings is 1. The maximum absolute atomic E-state index is 12.2. The molecule has 1 aromatic rings. The van der Waals surface area contributed by atoms with E-state index in [-0.39, 0.29) is 17.9 Å². The van der Waals surface area contributed by atoms with E-state index in [2.05, 4.69) is 9.72 Å². The lowest BCUT2D eigenvalue weighted by Gasteiger charge is -2.33. The summed E-state index contributed by atoms with van der Waals surface area (Å²) in [6, 6.07) is 4.41. The number of hydrogen-bond donors (Lipinski definition) is 0. The zero-order valence-electron chi connectivity index (χ0n) is 14.0. The van der Waals surface area contributed by atoms with E-state index in [9.17, 15) is 13.6 Å². The number of alkyl halides is 2. The number of aromatic nitrogens is 1.